The molecular weight excluding hydrogens is 451 g/mol. The predicted molar refractivity (Wildman–Crippen MR) is 130 cm³/mol. The number of hydrogen-bond acceptors (Lipinski definition) is 2. The minimum atomic E-state index is -0.806. The number of Topliss-reactive ketones (excluding diaryl/α,β-unsaturated/α-hetero) is 1. The number of carbonyl (C=O) groups excluding carboxylic acids is 1. The molecule has 0 saturated carbocycles. The van der Waals surface area contributed by atoms with Crippen molar-refractivity contribution < 1.29 is 13.6 Å². The minimum absolute atomic E-state index is 0. The highest BCUT2D eigenvalue weighted by molar-refractivity contribution is 6.32. The Morgan fingerprint density at radius 3 is 2.31 bits per heavy atom. The molecule has 3 rings (SSSR count). The highest BCUT2D eigenvalue weighted by atomic mass is 35.5. The Morgan fingerprint density at radius 2 is 1.69 bits per heavy atom. The van der Waals surface area contributed by atoms with Gasteiger partial charge in [-0.2, -0.15) is 0 Å². The van der Waals surface area contributed by atoms with E-state index in [1.54, 1.807) is 30.3 Å². The number of likely N-dealkylation sites (N-methyl/N-ethyl adjacent to an activating group) is 1. The lowest BCUT2D eigenvalue weighted by atomic mass is 9.94. The maximum Gasteiger partial charge on any atom is 0.190 e. The van der Waals surface area contributed by atoms with E-state index in [4.69, 9.17) is 11.6 Å². The van der Waals surface area contributed by atoms with Crippen LogP contribution in [0.3, 0.4) is 0 Å². The average Bonchev–Trinajstić information content (AvgIpc) is 2.74. The van der Waals surface area contributed by atoms with Crippen molar-refractivity contribution in [2.45, 2.75) is 6.54 Å². The molecule has 0 unspecified atom stereocenters. The third kappa shape index (κ3) is 6.86. The molecule has 0 radical (unpaired) electrons. The number of nitrogens with zero attached hydrogens (tertiary/aromatic N) is 1. The predicted octanol–water partition coefficient (Wildman–Crippen LogP) is 6.84. The van der Waals surface area contributed by atoms with Crippen LogP contribution in [0.1, 0.15) is 16.7 Å². The van der Waals surface area contributed by atoms with Crippen molar-refractivity contribution in [3.63, 3.8) is 0 Å². The zero-order chi connectivity index (χ0) is 22.4. The van der Waals surface area contributed by atoms with E-state index < -0.39 is 17.4 Å². The van der Waals surface area contributed by atoms with Gasteiger partial charge in [0.25, 0.3) is 0 Å². The summed E-state index contributed by atoms with van der Waals surface area (Å²) in [6.45, 7) is 4.87. The fourth-order valence-corrected chi connectivity index (χ4v) is 3.36. The van der Waals surface area contributed by atoms with Gasteiger partial charge in [0.15, 0.2) is 5.78 Å². The van der Waals surface area contributed by atoms with Gasteiger partial charge in [0.1, 0.15) is 11.6 Å². The Labute approximate surface area is 198 Å². The second kappa shape index (κ2) is 11.7. The lowest BCUT2D eigenvalue weighted by molar-refractivity contribution is -0.110. The number of halogens is 4. The molecule has 0 aliphatic carbocycles. The van der Waals surface area contributed by atoms with Crippen molar-refractivity contribution in [2.24, 2.45) is 0 Å². The van der Waals surface area contributed by atoms with Crippen LogP contribution >= 0.6 is 24.0 Å². The zero-order valence-electron chi connectivity index (χ0n) is 17.5. The van der Waals surface area contributed by atoms with Gasteiger partial charge in [0.05, 0.1) is 0 Å². The molecule has 32 heavy (non-hydrogen) atoms. The topological polar surface area (TPSA) is 20.3 Å². The first-order chi connectivity index (χ1) is 14.8. The van der Waals surface area contributed by atoms with Crippen LogP contribution in [-0.4, -0.2) is 24.3 Å². The summed E-state index contributed by atoms with van der Waals surface area (Å²) in [4.78, 5) is 15.2. The lowest BCUT2D eigenvalue weighted by Crippen LogP contribution is -2.24. The molecule has 0 bridgehead atoms. The van der Waals surface area contributed by atoms with Crippen LogP contribution in [0.25, 0.3) is 11.6 Å². The number of rotatable bonds is 8. The second-order valence-electron chi connectivity index (χ2n) is 7.32. The van der Waals surface area contributed by atoms with Crippen LogP contribution < -0.4 is 0 Å². The summed E-state index contributed by atoms with van der Waals surface area (Å²) in [6.07, 6.45) is 1.57. The van der Waals surface area contributed by atoms with E-state index in [2.05, 4.69) is 6.58 Å². The molecule has 0 heterocycles. The van der Waals surface area contributed by atoms with Crippen molar-refractivity contribution in [1.82, 2.24) is 4.90 Å². The number of allylic oxidation sites excluding steroid dienone is 1. The van der Waals surface area contributed by atoms with Gasteiger partial charge in [-0.3, -0.25) is 9.69 Å². The molecule has 3 aromatic carbocycles. The molecule has 0 aromatic heterocycles. The second-order valence-corrected chi connectivity index (χ2v) is 7.76. The lowest BCUT2D eigenvalue weighted by Gasteiger charge is -2.19. The van der Waals surface area contributed by atoms with Crippen molar-refractivity contribution >= 4 is 41.4 Å². The van der Waals surface area contributed by atoms with E-state index in [-0.39, 0.29) is 23.5 Å². The SMILES string of the molecule is C=C(CN(C)Cc1ccccc1)C(=O)/C(=C\c1ccc(Cl)cc1)c1ccc(F)cc1F.Cl. The maximum absolute atomic E-state index is 14.5. The van der Waals surface area contributed by atoms with E-state index in [0.29, 0.717) is 29.2 Å². The van der Waals surface area contributed by atoms with Gasteiger partial charge >= 0.3 is 0 Å². The van der Waals surface area contributed by atoms with Crippen LogP contribution in [0.5, 0.6) is 0 Å². The van der Waals surface area contributed by atoms with Crippen molar-refractivity contribution in [3.05, 3.63) is 118 Å². The molecular formula is C26H23Cl2F2NO. The summed E-state index contributed by atoms with van der Waals surface area (Å²) in [5.41, 5.74) is 2.21. The standard InChI is InChI=1S/C26H22ClF2NO.ClH/c1-18(16-30(2)17-20-6-4-3-5-7-20)26(31)24(14-19-8-10-21(27)11-9-19)23-13-12-22(28)15-25(23)29;/h3-15H,1,16-17H2,2H3;1H/b24-14-;. The molecule has 3 aromatic rings. The van der Waals surface area contributed by atoms with Crippen molar-refractivity contribution in [1.29, 1.82) is 0 Å². The molecule has 6 heteroatoms. The number of carbonyl (C=O) groups is 1. The fraction of sp³-hybridized carbons (Fsp3) is 0.115. The van der Waals surface area contributed by atoms with Gasteiger partial charge in [-0.05, 0) is 48.5 Å². The monoisotopic (exact) mass is 473 g/mol. The maximum atomic E-state index is 14.5. The molecule has 0 aliphatic rings. The summed E-state index contributed by atoms with van der Waals surface area (Å²) in [6, 6.07) is 19.8. The van der Waals surface area contributed by atoms with Gasteiger partial charge in [-0.15, -0.1) is 12.4 Å². The van der Waals surface area contributed by atoms with E-state index in [1.165, 1.54) is 6.07 Å². The molecule has 0 fully saturated rings. The summed E-state index contributed by atoms with van der Waals surface area (Å²) < 4.78 is 28.0. The fourth-order valence-electron chi connectivity index (χ4n) is 3.24. The normalized spacial score (nSPS) is 11.2. The molecule has 0 atom stereocenters. The molecule has 2 nitrogen and oxygen atoms in total. The first-order valence-electron chi connectivity index (χ1n) is 9.71. The van der Waals surface area contributed by atoms with Crippen LogP contribution in [-0.2, 0) is 11.3 Å². The van der Waals surface area contributed by atoms with Crippen molar-refractivity contribution in [2.75, 3.05) is 13.6 Å². The first kappa shape index (κ1) is 25.5. The Morgan fingerprint density at radius 1 is 1.03 bits per heavy atom. The quantitative estimate of drug-likeness (QED) is 0.263. The summed E-state index contributed by atoms with van der Waals surface area (Å²) in [5.74, 6) is -1.92. The summed E-state index contributed by atoms with van der Waals surface area (Å²) in [5, 5.41) is 0.546. The largest absolute Gasteiger partial charge is 0.298 e. The Balaban J connectivity index is 0.00000363. The molecule has 0 amide bonds. The van der Waals surface area contributed by atoms with Crippen LogP contribution in [0.4, 0.5) is 8.78 Å². The Bertz CT molecular complexity index is 1110. The smallest absolute Gasteiger partial charge is 0.190 e. The summed E-state index contributed by atoms with van der Waals surface area (Å²) in [7, 11) is 1.88. The Kier molecular flexibility index (Phi) is 9.33. The summed E-state index contributed by atoms with van der Waals surface area (Å²) >= 11 is 5.94. The molecule has 0 N–H and O–H groups in total. The van der Waals surface area contributed by atoms with E-state index in [9.17, 15) is 13.6 Å². The number of benzene rings is 3. The van der Waals surface area contributed by atoms with Gasteiger partial charge in [-0.25, -0.2) is 8.78 Å². The minimum Gasteiger partial charge on any atom is -0.298 e. The van der Waals surface area contributed by atoms with Crippen molar-refractivity contribution in [3.8, 4) is 0 Å². The molecule has 0 saturated heterocycles. The van der Waals surface area contributed by atoms with E-state index >= 15 is 0 Å². The molecule has 0 spiro atoms. The van der Waals surface area contributed by atoms with Crippen LogP contribution in [0.15, 0.2) is 84.9 Å². The van der Waals surface area contributed by atoms with E-state index in [1.807, 2.05) is 42.3 Å². The van der Waals surface area contributed by atoms with Crippen LogP contribution in [0, 0.1) is 11.6 Å². The van der Waals surface area contributed by atoms with Gasteiger partial charge in [-0.1, -0.05) is 60.6 Å². The third-order valence-corrected chi connectivity index (χ3v) is 4.98. The van der Waals surface area contributed by atoms with E-state index in [0.717, 1.165) is 17.7 Å². The third-order valence-electron chi connectivity index (χ3n) is 4.72. The average molecular weight is 474 g/mol. The van der Waals surface area contributed by atoms with Gasteiger partial charge in [0, 0.05) is 40.9 Å². The van der Waals surface area contributed by atoms with Gasteiger partial charge in [0.2, 0.25) is 0 Å². The van der Waals surface area contributed by atoms with Gasteiger partial charge < -0.3 is 0 Å². The number of hydrogen-bond donors (Lipinski definition) is 0. The highest BCUT2D eigenvalue weighted by Gasteiger charge is 2.20. The van der Waals surface area contributed by atoms with Crippen LogP contribution in [0.2, 0.25) is 5.02 Å². The highest BCUT2D eigenvalue weighted by Crippen LogP contribution is 2.26. The Hall–Kier alpha value is -2.79. The zero-order valence-corrected chi connectivity index (χ0v) is 19.1. The number of ketones is 1. The molecule has 166 valence electrons. The molecule has 0 aliphatic heterocycles. The first-order valence-corrected chi connectivity index (χ1v) is 10.1.